The highest BCUT2D eigenvalue weighted by molar-refractivity contribution is 5.78. The summed E-state index contributed by atoms with van der Waals surface area (Å²) in [4.78, 5) is 14.8. The predicted molar refractivity (Wildman–Crippen MR) is 81.4 cm³/mol. The molecule has 1 saturated carbocycles. The summed E-state index contributed by atoms with van der Waals surface area (Å²) in [7, 11) is 0. The SMILES string of the molecule is C=C[C@H]1CN2CC[C@@H]1C[C@@H]2CNC(=O)C1CCCCC1. The molecule has 1 amide bonds. The first-order chi connectivity index (χ1) is 9.78. The second-order valence-electron chi connectivity index (χ2n) is 6.91. The van der Waals surface area contributed by atoms with Gasteiger partial charge in [-0.3, -0.25) is 9.69 Å². The van der Waals surface area contributed by atoms with E-state index in [0.29, 0.717) is 23.8 Å². The minimum atomic E-state index is 0.292. The zero-order valence-corrected chi connectivity index (χ0v) is 12.5. The average molecular weight is 276 g/mol. The van der Waals surface area contributed by atoms with Crippen LogP contribution >= 0.6 is 0 Å². The average Bonchev–Trinajstić information content (AvgIpc) is 2.53. The van der Waals surface area contributed by atoms with Crippen molar-refractivity contribution < 1.29 is 4.79 Å². The molecule has 4 fully saturated rings. The van der Waals surface area contributed by atoms with Crippen LogP contribution in [0, 0.1) is 17.8 Å². The zero-order chi connectivity index (χ0) is 13.9. The predicted octanol–water partition coefficient (Wildman–Crippen LogP) is 2.58. The van der Waals surface area contributed by atoms with E-state index in [2.05, 4.69) is 22.9 Å². The molecule has 3 nitrogen and oxygen atoms in total. The number of carbonyl (C=O) groups excluding carboxylic acids is 1. The third-order valence-corrected chi connectivity index (χ3v) is 5.72. The van der Waals surface area contributed by atoms with Crippen molar-refractivity contribution in [2.75, 3.05) is 19.6 Å². The molecule has 0 aromatic rings. The molecule has 4 rings (SSSR count). The van der Waals surface area contributed by atoms with Crippen LogP contribution < -0.4 is 5.32 Å². The summed E-state index contributed by atoms with van der Waals surface area (Å²) in [6.45, 7) is 7.18. The lowest BCUT2D eigenvalue weighted by Crippen LogP contribution is -2.56. The molecule has 3 aliphatic heterocycles. The van der Waals surface area contributed by atoms with Gasteiger partial charge in [0.15, 0.2) is 0 Å². The maximum absolute atomic E-state index is 12.2. The van der Waals surface area contributed by atoms with Gasteiger partial charge in [0, 0.05) is 25.0 Å². The van der Waals surface area contributed by atoms with Crippen molar-refractivity contribution in [2.24, 2.45) is 17.8 Å². The van der Waals surface area contributed by atoms with Gasteiger partial charge in [0.1, 0.15) is 0 Å². The molecule has 0 radical (unpaired) electrons. The third-order valence-electron chi connectivity index (χ3n) is 5.72. The summed E-state index contributed by atoms with van der Waals surface area (Å²) in [6, 6.07) is 0.567. The van der Waals surface area contributed by atoms with Gasteiger partial charge in [0.2, 0.25) is 5.91 Å². The van der Waals surface area contributed by atoms with Crippen molar-refractivity contribution >= 4 is 5.91 Å². The highest BCUT2D eigenvalue weighted by Crippen LogP contribution is 2.36. The lowest BCUT2D eigenvalue weighted by atomic mass is 9.75. The maximum atomic E-state index is 12.2. The van der Waals surface area contributed by atoms with Gasteiger partial charge in [-0.15, -0.1) is 6.58 Å². The van der Waals surface area contributed by atoms with E-state index in [1.807, 2.05) is 0 Å². The molecule has 4 aliphatic rings. The number of rotatable bonds is 4. The molecule has 1 unspecified atom stereocenters. The number of nitrogens with one attached hydrogen (secondary N) is 1. The Morgan fingerprint density at radius 3 is 2.70 bits per heavy atom. The maximum Gasteiger partial charge on any atom is 0.223 e. The third kappa shape index (κ3) is 2.93. The van der Waals surface area contributed by atoms with Crippen molar-refractivity contribution in [1.82, 2.24) is 10.2 Å². The molecule has 1 N–H and O–H groups in total. The van der Waals surface area contributed by atoms with Gasteiger partial charge in [0.05, 0.1) is 0 Å². The molecule has 3 heterocycles. The Morgan fingerprint density at radius 2 is 2.05 bits per heavy atom. The van der Waals surface area contributed by atoms with Crippen LogP contribution in [-0.2, 0) is 4.79 Å². The molecule has 0 aromatic carbocycles. The molecule has 4 atom stereocenters. The molecule has 112 valence electrons. The summed E-state index contributed by atoms with van der Waals surface area (Å²) in [5, 5.41) is 3.23. The number of fused-ring (bicyclic) bond motifs is 3. The van der Waals surface area contributed by atoms with E-state index in [-0.39, 0.29) is 0 Å². The van der Waals surface area contributed by atoms with E-state index < -0.39 is 0 Å². The first-order valence-electron chi connectivity index (χ1n) is 8.42. The Bertz CT molecular complexity index is 362. The zero-order valence-electron chi connectivity index (χ0n) is 12.5. The Kier molecular flexibility index (Phi) is 4.45. The number of carbonyl (C=O) groups is 1. The van der Waals surface area contributed by atoms with Crippen LogP contribution in [0.1, 0.15) is 44.9 Å². The van der Waals surface area contributed by atoms with Crippen LogP contribution in [0.5, 0.6) is 0 Å². The molecule has 0 aromatic heterocycles. The molecule has 3 heteroatoms. The highest BCUT2D eigenvalue weighted by atomic mass is 16.1. The fraction of sp³-hybridized carbons (Fsp3) is 0.824. The fourth-order valence-corrected chi connectivity index (χ4v) is 4.39. The standard InChI is InChI=1S/C17H28N2O/c1-2-13-12-19-9-8-15(13)10-16(19)11-18-17(20)14-6-4-3-5-7-14/h2,13-16H,1,3-12H2,(H,18,20)/t13-,15+,16+/m0/s1. The van der Waals surface area contributed by atoms with Crippen molar-refractivity contribution in [3.05, 3.63) is 12.7 Å². The van der Waals surface area contributed by atoms with E-state index in [1.54, 1.807) is 0 Å². The highest BCUT2D eigenvalue weighted by Gasteiger charge is 2.38. The quantitative estimate of drug-likeness (QED) is 0.800. The van der Waals surface area contributed by atoms with Crippen molar-refractivity contribution in [3.63, 3.8) is 0 Å². The first kappa shape index (κ1) is 14.1. The monoisotopic (exact) mass is 276 g/mol. The van der Waals surface area contributed by atoms with E-state index in [4.69, 9.17) is 0 Å². The minimum Gasteiger partial charge on any atom is -0.354 e. The molecule has 0 spiro atoms. The Labute approximate surface area is 122 Å². The number of hydrogen-bond acceptors (Lipinski definition) is 2. The van der Waals surface area contributed by atoms with Crippen LogP contribution in [-0.4, -0.2) is 36.5 Å². The lowest BCUT2D eigenvalue weighted by Gasteiger charge is -2.49. The molecule has 2 bridgehead atoms. The van der Waals surface area contributed by atoms with Crippen LogP contribution in [0.25, 0.3) is 0 Å². The van der Waals surface area contributed by atoms with E-state index in [1.165, 1.54) is 38.6 Å². The second kappa shape index (κ2) is 6.30. The van der Waals surface area contributed by atoms with E-state index in [9.17, 15) is 4.79 Å². The van der Waals surface area contributed by atoms with Crippen LogP contribution in [0.4, 0.5) is 0 Å². The van der Waals surface area contributed by atoms with Gasteiger partial charge < -0.3 is 5.32 Å². The van der Waals surface area contributed by atoms with Crippen molar-refractivity contribution in [3.8, 4) is 0 Å². The second-order valence-corrected chi connectivity index (χ2v) is 6.91. The summed E-state index contributed by atoms with van der Waals surface area (Å²) >= 11 is 0. The molecular weight excluding hydrogens is 248 g/mol. The van der Waals surface area contributed by atoms with Gasteiger partial charge in [-0.2, -0.15) is 0 Å². The summed E-state index contributed by atoms with van der Waals surface area (Å²) < 4.78 is 0. The number of hydrogen-bond donors (Lipinski definition) is 1. The lowest BCUT2D eigenvalue weighted by molar-refractivity contribution is -0.126. The Hall–Kier alpha value is -0.830. The van der Waals surface area contributed by atoms with Gasteiger partial charge in [-0.25, -0.2) is 0 Å². The van der Waals surface area contributed by atoms with Crippen molar-refractivity contribution in [2.45, 2.75) is 51.0 Å². The van der Waals surface area contributed by atoms with Gasteiger partial charge in [-0.1, -0.05) is 25.3 Å². The summed E-state index contributed by atoms with van der Waals surface area (Å²) in [5.74, 6) is 2.08. The first-order valence-corrected chi connectivity index (χ1v) is 8.42. The number of piperidine rings is 3. The number of nitrogens with zero attached hydrogens (tertiary/aromatic N) is 1. The summed E-state index contributed by atoms with van der Waals surface area (Å²) in [6.07, 6.45) is 10.7. The van der Waals surface area contributed by atoms with Gasteiger partial charge >= 0.3 is 0 Å². The molecule has 20 heavy (non-hydrogen) atoms. The Balaban J connectivity index is 1.47. The molecular formula is C17H28N2O. The molecule has 1 aliphatic carbocycles. The van der Waals surface area contributed by atoms with Crippen molar-refractivity contribution in [1.29, 1.82) is 0 Å². The Morgan fingerprint density at radius 1 is 1.25 bits per heavy atom. The summed E-state index contributed by atoms with van der Waals surface area (Å²) in [5.41, 5.74) is 0. The number of amides is 1. The van der Waals surface area contributed by atoms with Crippen LogP contribution in [0.15, 0.2) is 12.7 Å². The van der Waals surface area contributed by atoms with Gasteiger partial charge in [-0.05, 0) is 44.1 Å². The van der Waals surface area contributed by atoms with Gasteiger partial charge in [0.25, 0.3) is 0 Å². The topological polar surface area (TPSA) is 32.3 Å². The van der Waals surface area contributed by atoms with Crippen LogP contribution in [0.2, 0.25) is 0 Å². The largest absolute Gasteiger partial charge is 0.354 e. The molecule has 3 saturated heterocycles. The normalized spacial score (nSPS) is 37.6. The minimum absolute atomic E-state index is 0.292. The van der Waals surface area contributed by atoms with Crippen LogP contribution in [0.3, 0.4) is 0 Å². The smallest absolute Gasteiger partial charge is 0.223 e. The van der Waals surface area contributed by atoms with E-state index in [0.717, 1.165) is 31.8 Å². The van der Waals surface area contributed by atoms with E-state index >= 15 is 0 Å². The fourth-order valence-electron chi connectivity index (χ4n) is 4.39.